The highest BCUT2D eigenvalue weighted by Crippen LogP contribution is 2.45. The fraction of sp³-hybridized carbons (Fsp3) is 0.578. The number of phenols is 1. The van der Waals surface area contributed by atoms with Crippen molar-refractivity contribution < 1.29 is 14.2 Å². The van der Waals surface area contributed by atoms with Gasteiger partial charge in [0.2, 0.25) is 0 Å². The normalized spacial score (nSPS) is 20.7. The van der Waals surface area contributed by atoms with Crippen molar-refractivity contribution in [1.29, 1.82) is 0 Å². The van der Waals surface area contributed by atoms with Gasteiger partial charge in [-0.2, -0.15) is 9.97 Å². The molecule has 2 aliphatic heterocycles. The van der Waals surface area contributed by atoms with Crippen molar-refractivity contribution >= 4 is 39.5 Å². The predicted molar refractivity (Wildman–Crippen MR) is 222 cm³/mol. The second-order valence-electron chi connectivity index (χ2n) is 15.6. The Hall–Kier alpha value is -3.78. The lowest BCUT2D eigenvalue weighted by Gasteiger charge is -2.36. The van der Waals surface area contributed by atoms with Crippen molar-refractivity contribution in [2.24, 2.45) is 10.4 Å². The van der Waals surface area contributed by atoms with E-state index in [1.54, 1.807) is 18.2 Å². The molecule has 6 rings (SSSR count). The topological polar surface area (TPSA) is 82.9 Å². The Morgan fingerprint density at radius 3 is 2.38 bits per heavy atom. The molecule has 2 aromatic carbocycles. The lowest BCUT2D eigenvalue weighted by atomic mass is 9.81. The highest BCUT2D eigenvalue weighted by Gasteiger charge is 2.37. The summed E-state index contributed by atoms with van der Waals surface area (Å²) >= 11 is 0. The summed E-state index contributed by atoms with van der Waals surface area (Å²) in [5, 5.41) is 16.4. The number of hydrogen-bond donors (Lipinski definition) is 2. The van der Waals surface area contributed by atoms with Crippen LogP contribution in [0.15, 0.2) is 35.3 Å². The number of aromatic hydroxyl groups is 1. The van der Waals surface area contributed by atoms with Crippen molar-refractivity contribution in [3.63, 3.8) is 0 Å². The van der Waals surface area contributed by atoms with Crippen LogP contribution in [0, 0.1) is 11.2 Å². The van der Waals surface area contributed by atoms with Crippen molar-refractivity contribution in [1.82, 2.24) is 15.3 Å². The van der Waals surface area contributed by atoms with E-state index < -0.39 is 0 Å². The molecule has 0 radical (unpaired) electrons. The lowest BCUT2D eigenvalue weighted by Crippen LogP contribution is -2.51. The van der Waals surface area contributed by atoms with E-state index in [1.807, 2.05) is 27.7 Å². The van der Waals surface area contributed by atoms with Crippen LogP contribution in [0.5, 0.6) is 11.8 Å². The van der Waals surface area contributed by atoms with Gasteiger partial charge in [-0.3, -0.25) is 4.99 Å². The SMILES string of the molecule is C/C=C1\C(=NC(C)C)C(c2cc(O)cc3ccc(F)c(CC)c23)=Cc2nc(OCC(C)(CCCC)CCCCC)nc(N3CC4CCC(C3)N4)c21.CC. The zero-order valence-corrected chi connectivity index (χ0v) is 33.9. The summed E-state index contributed by atoms with van der Waals surface area (Å²) in [6.45, 7) is 21.3. The van der Waals surface area contributed by atoms with Gasteiger partial charge in [0.15, 0.2) is 0 Å². The molecular formula is C45H64FN5O2. The van der Waals surface area contributed by atoms with Gasteiger partial charge >= 0.3 is 6.01 Å². The Morgan fingerprint density at radius 1 is 1.04 bits per heavy atom. The van der Waals surface area contributed by atoms with Crippen LogP contribution >= 0.6 is 0 Å². The number of nitrogens with one attached hydrogen (secondary N) is 1. The second kappa shape index (κ2) is 18.0. The van der Waals surface area contributed by atoms with Gasteiger partial charge in [-0.15, -0.1) is 0 Å². The highest BCUT2D eigenvalue weighted by atomic mass is 19.1. The number of phenolic OH excluding ortho intramolecular Hbond substituents is 1. The summed E-state index contributed by atoms with van der Waals surface area (Å²) < 4.78 is 22.1. The van der Waals surface area contributed by atoms with Crippen LogP contribution in [-0.2, 0) is 6.42 Å². The summed E-state index contributed by atoms with van der Waals surface area (Å²) in [5.74, 6) is 0.763. The minimum atomic E-state index is -0.249. The second-order valence-corrected chi connectivity index (χ2v) is 15.6. The maximum absolute atomic E-state index is 15.4. The molecule has 2 N–H and O–H groups in total. The number of benzene rings is 2. The Bertz CT molecular complexity index is 1820. The van der Waals surface area contributed by atoms with E-state index in [9.17, 15) is 5.11 Å². The van der Waals surface area contributed by atoms with E-state index in [0.29, 0.717) is 36.7 Å². The van der Waals surface area contributed by atoms with E-state index in [2.05, 4.69) is 57.0 Å². The monoisotopic (exact) mass is 726 g/mol. The Labute approximate surface area is 318 Å². The first kappa shape index (κ1) is 40.4. The summed E-state index contributed by atoms with van der Waals surface area (Å²) in [6, 6.07) is 7.93. The van der Waals surface area contributed by atoms with Crippen LogP contribution < -0.4 is 15.0 Å². The summed E-state index contributed by atoms with van der Waals surface area (Å²) in [6.07, 6.45) is 15.2. The number of aliphatic imine (C=N–C) groups is 1. The third-order valence-corrected chi connectivity index (χ3v) is 11.0. The minimum absolute atomic E-state index is 0.0126. The van der Waals surface area contributed by atoms with Gasteiger partial charge in [-0.1, -0.05) is 85.8 Å². The van der Waals surface area contributed by atoms with Gasteiger partial charge in [-0.05, 0) is 99.0 Å². The zero-order valence-electron chi connectivity index (χ0n) is 33.9. The summed E-state index contributed by atoms with van der Waals surface area (Å²) in [5.41, 5.74) is 5.69. The maximum atomic E-state index is 15.4. The number of hydrogen-bond acceptors (Lipinski definition) is 7. The van der Waals surface area contributed by atoms with Crippen molar-refractivity contribution in [3.8, 4) is 11.8 Å². The maximum Gasteiger partial charge on any atom is 0.318 e. The van der Waals surface area contributed by atoms with Crippen molar-refractivity contribution in [2.75, 3.05) is 24.6 Å². The zero-order chi connectivity index (χ0) is 38.3. The molecule has 3 aromatic rings. The number of halogens is 1. The summed E-state index contributed by atoms with van der Waals surface area (Å²) in [7, 11) is 0. The molecule has 53 heavy (non-hydrogen) atoms. The first-order valence-corrected chi connectivity index (χ1v) is 20.5. The first-order chi connectivity index (χ1) is 25.6. The van der Waals surface area contributed by atoms with Crippen LogP contribution in [-0.4, -0.2) is 58.6 Å². The number of allylic oxidation sites excluding steroid dienone is 3. The summed E-state index contributed by atoms with van der Waals surface area (Å²) in [4.78, 5) is 18.1. The molecule has 3 atom stereocenters. The molecular weight excluding hydrogens is 662 g/mol. The molecule has 2 saturated heterocycles. The van der Waals surface area contributed by atoms with Gasteiger partial charge in [0.1, 0.15) is 17.4 Å². The fourth-order valence-electron chi connectivity index (χ4n) is 8.39. The Morgan fingerprint density at radius 2 is 1.74 bits per heavy atom. The molecule has 2 bridgehead atoms. The van der Waals surface area contributed by atoms with Crippen LogP contribution in [0.2, 0.25) is 0 Å². The van der Waals surface area contributed by atoms with Crippen molar-refractivity contribution in [2.45, 2.75) is 145 Å². The van der Waals surface area contributed by atoms with Gasteiger partial charge in [0, 0.05) is 47.8 Å². The quantitative estimate of drug-likeness (QED) is 0.161. The van der Waals surface area contributed by atoms with Crippen LogP contribution in [0.4, 0.5) is 10.2 Å². The van der Waals surface area contributed by atoms with Gasteiger partial charge in [-0.25, -0.2) is 4.39 Å². The van der Waals surface area contributed by atoms with E-state index in [-0.39, 0.29) is 23.0 Å². The third-order valence-electron chi connectivity index (χ3n) is 11.0. The molecule has 7 nitrogen and oxygen atoms in total. The van der Waals surface area contributed by atoms with E-state index in [0.717, 1.165) is 95.5 Å². The number of aromatic nitrogens is 2. The van der Waals surface area contributed by atoms with Crippen LogP contribution in [0.3, 0.4) is 0 Å². The average Bonchev–Trinajstić information content (AvgIpc) is 3.49. The smallest absolute Gasteiger partial charge is 0.318 e. The Kier molecular flexibility index (Phi) is 13.7. The molecule has 1 aliphatic carbocycles. The molecule has 3 aliphatic rings. The van der Waals surface area contributed by atoms with E-state index in [4.69, 9.17) is 19.7 Å². The minimum Gasteiger partial charge on any atom is -0.508 e. The lowest BCUT2D eigenvalue weighted by molar-refractivity contribution is 0.126. The number of ether oxygens (including phenoxy) is 1. The largest absolute Gasteiger partial charge is 0.508 e. The van der Waals surface area contributed by atoms with Crippen LogP contribution in [0.1, 0.15) is 142 Å². The molecule has 288 valence electrons. The van der Waals surface area contributed by atoms with Crippen LogP contribution in [0.25, 0.3) is 28.0 Å². The van der Waals surface area contributed by atoms with Gasteiger partial charge in [0.05, 0.1) is 23.6 Å². The number of unbranched alkanes of at least 4 members (excludes halogenated alkanes) is 3. The number of nitrogens with zero attached hydrogens (tertiary/aromatic N) is 4. The molecule has 0 saturated carbocycles. The molecule has 0 spiro atoms. The number of fused-ring (bicyclic) bond motifs is 4. The Balaban J connectivity index is 0.00000266. The molecule has 3 unspecified atom stereocenters. The van der Waals surface area contributed by atoms with E-state index in [1.165, 1.54) is 31.7 Å². The molecule has 0 amide bonds. The predicted octanol–water partition coefficient (Wildman–Crippen LogP) is 11.0. The van der Waals surface area contributed by atoms with Gasteiger partial charge in [0.25, 0.3) is 0 Å². The molecule has 3 heterocycles. The van der Waals surface area contributed by atoms with E-state index >= 15 is 4.39 Å². The molecule has 8 heteroatoms. The third kappa shape index (κ3) is 8.96. The number of rotatable bonds is 14. The highest BCUT2D eigenvalue weighted by molar-refractivity contribution is 6.50. The first-order valence-electron chi connectivity index (χ1n) is 20.5. The molecule has 1 aromatic heterocycles. The number of aryl methyl sites for hydroxylation is 1. The molecule has 2 fully saturated rings. The number of anilines is 1. The average molecular weight is 726 g/mol. The van der Waals surface area contributed by atoms with Gasteiger partial charge < -0.3 is 20.1 Å². The number of piperazine rings is 1. The van der Waals surface area contributed by atoms with Crippen molar-refractivity contribution in [3.05, 3.63) is 58.5 Å². The fourth-order valence-corrected chi connectivity index (χ4v) is 8.39. The standard InChI is InChI=1S/C43H58FN5O2.C2H6/c1-8-12-14-20-43(7,19-13-9-2)26-51-42-47-37-23-35(34-22-31(50)21-28-15-18-36(44)32(10-3)38(28)34)40(45-27(5)6)33(11-4)39(37)41(48-42)49-24-29-16-17-30(25-49)46-29;1-2/h11,15,18,21-23,27,29-30,46,50H,8-10,12-14,16-17,19-20,24-26H2,1-7H3;1-2H3/b33-11-,45-40?;.